The first-order valence-corrected chi connectivity index (χ1v) is 37.9. The molecule has 3 atom stereocenters. The second-order valence-corrected chi connectivity index (χ2v) is 27.2. The Hall–Kier alpha value is -2.69. The van der Waals surface area contributed by atoms with Crippen molar-refractivity contribution < 1.29 is 9.53 Å². The molecule has 0 aromatic rings. The highest BCUT2D eigenvalue weighted by Crippen LogP contribution is 2.28. The molecule has 0 heterocycles. The minimum atomic E-state index is -0.326. The molecule has 0 aromatic heterocycles. The summed E-state index contributed by atoms with van der Waals surface area (Å²) in [6, 6.07) is 0.772. The van der Waals surface area contributed by atoms with Crippen molar-refractivity contribution in [3.63, 3.8) is 0 Å². The molecule has 3 unspecified atom stereocenters. The van der Waals surface area contributed by atoms with Crippen LogP contribution < -0.4 is 0 Å². The fraction of sp³-hybridized carbons (Fsp3) is 0.793. The second-order valence-electron chi connectivity index (χ2n) is 27.2. The highest BCUT2D eigenvalue weighted by Gasteiger charge is 2.28. The number of rotatable bonds is 67. The summed E-state index contributed by atoms with van der Waals surface area (Å²) in [4.78, 5) is 17.4. The molecule has 4 heteroatoms. The Morgan fingerprint density at radius 2 is 0.616 bits per heavy atom. The first-order valence-electron chi connectivity index (χ1n) is 37.9. The quantitative estimate of drug-likeness (QED) is 0.0345. The zero-order valence-corrected chi connectivity index (χ0v) is 59.3. The van der Waals surface area contributed by atoms with Gasteiger partial charge in [0.2, 0.25) is 0 Å². The van der Waals surface area contributed by atoms with Gasteiger partial charge in [0.05, 0.1) is 6.42 Å². The fourth-order valence-electron chi connectivity index (χ4n) is 11.9. The SMILES string of the molecule is CCCCCC=CCC=CCCCCCCCCC(CCCCCCCCC=CCC=CCCCCCC(C)CCCC=CCC=CCCCCCCCCC(C)(CCCCCCCCC=CCC=CCCCCC)OC(=O)CCN(C)C)N(C)C. The molecular formula is C82H150N2O2. The Bertz CT molecular complexity index is 1630. The van der Waals surface area contributed by atoms with Crippen LogP contribution in [0.2, 0.25) is 0 Å². The standard InChI is InChI=1S/C82H150N2O2/c1-9-11-13-15-17-19-21-23-25-30-37-43-49-55-61-67-73-80(84(7)8)74-68-62-56-50-44-38-31-28-27-29-35-41-47-53-59-65-71-79(3)72-66-60-54-48-42-36-32-34-40-46-52-58-64-70-77-82(4,86-81(85)75-78-83(5)6)76-69-63-57-51-45-39-33-26-24-22-20-18-16-14-12-10-2/h17-20,23-28,32,35-36,41,48,54,79-80H,9-16,21-22,29-31,33-34,37-40,42-47,49-53,55-78H2,1-8H3. The van der Waals surface area contributed by atoms with E-state index in [0.29, 0.717) is 6.42 Å². The van der Waals surface area contributed by atoms with Crippen molar-refractivity contribution in [3.8, 4) is 0 Å². The third-order valence-corrected chi connectivity index (χ3v) is 17.8. The van der Waals surface area contributed by atoms with E-state index >= 15 is 0 Å². The van der Waals surface area contributed by atoms with E-state index in [0.717, 1.165) is 69.9 Å². The summed E-state index contributed by atoms with van der Waals surface area (Å²) >= 11 is 0. The number of carbonyl (C=O) groups is 1. The van der Waals surface area contributed by atoms with Crippen molar-refractivity contribution >= 4 is 5.97 Å². The van der Waals surface area contributed by atoms with E-state index < -0.39 is 0 Å². The minimum absolute atomic E-state index is 0.0296. The lowest BCUT2D eigenvalue weighted by molar-refractivity contribution is -0.160. The Balaban J connectivity index is 3.82. The monoisotopic (exact) mass is 1200 g/mol. The third kappa shape index (κ3) is 65.7. The number of ether oxygens (including phenoxy) is 1. The average molecular weight is 1200 g/mol. The van der Waals surface area contributed by atoms with Crippen LogP contribution >= 0.6 is 0 Å². The summed E-state index contributed by atoms with van der Waals surface area (Å²) in [6.45, 7) is 9.96. The van der Waals surface area contributed by atoms with Crippen LogP contribution in [-0.4, -0.2) is 62.1 Å². The minimum Gasteiger partial charge on any atom is -0.459 e. The first kappa shape index (κ1) is 83.3. The Labute approximate surface area is 540 Å². The number of unbranched alkanes of at least 4 members (excludes halogenated alkanes) is 34. The van der Waals surface area contributed by atoms with Gasteiger partial charge in [0.1, 0.15) is 5.60 Å². The van der Waals surface area contributed by atoms with E-state index in [1.807, 2.05) is 14.1 Å². The Kier molecular flexibility index (Phi) is 66.1. The normalized spacial score (nSPS) is 14.1. The highest BCUT2D eigenvalue weighted by atomic mass is 16.6. The maximum atomic E-state index is 12.8. The lowest BCUT2D eigenvalue weighted by Crippen LogP contribution is -2.33. The zero-order chi connectivity index (χ0) is 62.6. The lowest BCUT2D eigenvalue weighted by Gasteiger charge is -2.30. The van der Waals surface area contributed by atoms with Gasteiger partial charge in [-0.25, -0.2) is 0 Å². The summed E-state index contributed by atoms with van der Waals surface area (Å²) in [5.74, 6) is 0.822. The maximum Gasteiger partial charge on any atom is 0.307 e. The van der Waals surface area contributed by atoms with Crippen molar-refractivity contribution in [2.24, 2.45) is 5.92 Å². The molecule has 0 N–H and O–H groups in total. The molecule has 0 spiro atoms. The second kappa shape index (κ2) is 68.2. The molecule has 0 saturated carbocycles. The fourth-order valence-corrected chi connectivity index (χ4v) is 11.9. The molecule has 0 aliphatic heterocycles. The van der Waals surface area contributed by atoms with Gasteiger partial charge in [-0.15, -0.1) is 0 Å². The van der Waals surface area contributed by atoms with Crippen molar-refractivity contribution in [1.82, 2.24) is 9.80 Å². The summed E-state index contributed by atoms with van der Waals surface area (Å²) < 4.78 is 6.21. The third-order valence-electron chi connectivity index (χ3n) is 17.8. The summed E-state index contributed by atoms with van der Waals surface area (Å²) in [5.41, 5.74) is -0.326. The van der Waals surface area contributed by atoms with Crippen LogP contribution in [-0.2, 0) is 9.53 Å². The lowest BCUT2D eigenvalue weighted by atomic mass is 9.91. The van der Waals surface area contributed by atoms with Gasteiger partial charge in [0, 0.05) is 12.6 Å². The van der Waals surface area contributed by atoms with Crippen molar-refractivity contribution in [2.75, 3.05) is 34.7 Å². The van der Waals surface area contributed by atoms with Crippen LogP contribution in [0.25, 0.3) is 0 Å². The van der Waals surface area contributed by atoms with Crippen LogP contribution in [0, 0.1) is 5.92 Å². The van der Waals surface area contributed by atoms with Crippen molar-refractivity contribution in [1.29, 1.82) is 0 Å². The molecule has 0 aliphatic rings. The number of esters is 1. The van der Waals surface area contributed by atoms with Crippen LogP contribution in [0.4, 0.5) is 0 Å². The van der Waals surface area contributed by atoms with Crippen molar-refractivity contribution in [3.05, 3.63) is 97.2 Å². The van der Waals surface area contributed by atoms with Crippen LogP contribution in [0.15, 0.2) is 97.2 Å². The smallest absolute Gasteiger partial charge is 0.307 e. The number of hydrogen-bond acceptors (Lipinski definition) is 4. The van der Waals surface area contributed by atoms with E-state index in [2.05, 4.69) is 149 Å². The van der Waals surface area contributed by atoms with E-state index in [-0.39, 0.29) is 11.6 Å². The van der Waals surface area contributed by atoms with Gasteiger partial charge in [-0.2, -0.15) is 0 Å². The van der Waals surface area contributed by atoms with Crippen LogP contribution in [0.3, 0.4) is 0 Å². The molecular weight excluding hydrogens is 1040 g/mol. The molecule has 0 saturated heterocycles. The van der Waals surface area contributed by atoms with Crippen LogP contribution in [0.5, 0.6) is 0 Å². The van der Waals surface area contributed by atoms with Gasteiger partial charge < -0.3 is 14.5 Å². The number of hydrogen-bond donors (Lipinski definition) is 0. The molecule has 0 amide bonds. The highest BCUT2D eigenvalue weighted by molar-refractivity contribution is 5.70. The maximum absolute atomic E-state index is 12.8. The molecule has 0 aliphatic carbocycles. The predicted molar refractivity (Wildman–Crippen MR) is 389 cm³/mol. The molecule has 0 aromatic carbocycles. The number of nitrogens with zero attached hydrogens (tertiary/aromatic N) is 2. The summed E-state index contributed by atoms with van der Waals surface area (Å²) in [7, 11) is 8.64. The predicted octanol–water partition coefficient (Wildman–Crippen LogP) is 26.6. The van der Waals surface area contributed by atoms with Gasteiger partial charge in [-0.3, -0.25) is 4.79 Å². The van der Waals surface area contributed by atoms with Gasteiger partial charge in [0.25, 0.3) is 0 Å². The topological polar surface area (TPSA) is 32.8 Å². The number of carbonyl (C=O) groups excluding carboxylic acids is 1. The van der Waals surface area contributed by atoms with Gasteiger partial charge >= 0.3 is 5.97 Å². The van der Waals surface area contributed by atoms with E-state index in [4.69, 9.17) is 4.74 Å². The molecule has 500 valence electrons. The van der Waals surface area contributed by atoms with E-state index in [1.54, 1.807) is 0 Å². The van der Waals surface area contributed by atoms with Gasteiger partial charge in [-0.05, 0) is 208 Å². The van der Waals surface area contributed by atoms with Gasteiger partial charge in [0.15, 0.2) is 0 Å². The summed E-state index contributed by atoms with van der Waals surface area (Å²) in [6.07, 6.45) is 106. The van der Waals surface area contributed by atoms with Crippen molar-refractivity contribution in [2.45, 2.75) is 380 Å². The first-order chi connectivity index (χ1) is 42.1. The molecule has 0 rings (SSSR count). The number of allylic oxidation sites excluding steroid dienone is 16. The van der Waals surface area contributed by atoms with Crippen LogP contribution in [0.1, 0.15) is 368 Å². The molecule has 0 bridgehead atoms. The van der Waals surface area contributed by atoms with E-state index in [1.165, 1.54) is 283 Å². The Morgan fingerprint density at radius 1 is 0.349 bits per heavy atom. The average Bonchev–Trinajstić information content (AvgIpc) is 3.65. The molecule has 4 nitrogen and oxygen atoms in total. The molecule has 86 heavy (non-hydrogen) atoms. The summed E-state index contributed by atoms with van der Waals surface area (Å²) in [5, 5.41) is 0. The zero-order valence-electron chi connectivity index (χ0n) is 59.3. The van der Waals surface area contributed by atoms with E-state index in [9.17, 15) is 4.79 Å². The largest absolute Gasteiger partial charge is 0.459 e. The van der Waals surface area contributed by atoms with Gasteiger partial charge in [-0.1, -0.05) is 285 Å². The Morgan fingerprint density at radius 3 is 0.942 bits per heavy atom. The molecule has 0 fully saturated rings. The molecule has 0 radical (unpaired) electrons.